The predicted molar refractivity (Wildman–Crippen MR) is 86.3 cm³/mol. The number of para-hydroxylation sites is 1. The summed E-state index contributed by atoms with van der Waals surface area (Å²) in [5.74, 6) is -0.0921. The molecule has 0 saturated heterocycles. The first-order valence-electron chi connectivity index (χ1n) is 6.90. The van der Waals surface area contributed by atoms with Gasteiger partial charge in [0.05, 0.1) is 17.4 Å². The monoisotopic (exact) mass is 308 g/mol. The molecule has 1 aromatic carbocycles. The lowest BCUT2D eigenvalue weighted by Gasteiger charge is -2.04. The van der Waals surface area contributed by atoms with Crippen LogP contribution in [0.25, 0.3) is 5.69 Å². The molecule has 0 bridgehead atoms. The molecule has 2 rings (SSSR count). The highest BCUT2D eigenvalue weighted by molar-refractivity contribution is 5.93. The van der Waals surface area contributed by atoms with Gasteiger partial charge in [-0.05, 0) is 25.1 Å². The Morgan fingerprint density at radius 2 is 1.95 bits per heavy atom. The van der Waals surface area contributed by atoms with E-state index in [1.807, 2.05) is 30.3 Å². The number of rotatable bonds is 7. The first kappa shape index (κ1) is 17.2. The van der Waals surface area contributed by atoms with Gasteiger partial charge in [0, 0.05) is 19.3 Å². The molecule has 0 atom stereocenters. The number of benzene rings is 1. The molecule has 0 aliphatic rings. The summed E-state index contributed by atoms with van der Waals surface area (Å²) in [4.78, 5) is 11.9. The van der Waals surface area contributed by atoms with Gasteiger partial charge in [0.25, 0.3) is 5.91 Å². The Morgan fingerprint density at radius 3 is 2.67 bits per heavy atom. The smallest absolute Gasteiger partial charge is 0.254 e. The number of nitrogens with one attached hydrogen (secondary N) is 2. The zero-order valence-corrected chi connectivity index (χ0v) is 12.9. The number of halogens is 1. The number of amides is 1. The molecule has 0 aliphatic heterocycles. The van der Waals surface area contributed by atoms with Crippen LogP contribution in [0.4, 0.5) is 0 Å². The van der Waals surface area contributed by atoms with E-state index in [4.69, 9.17) is 0 Å². The summed E-state index contributed by atoms with van der Waals surface area (Å²) in [6.07, 6.45) is 4.42. The molecule has 6 heteroatoms. The van der Waals surface area contributed by atoms with Gasteiger partial charge >= 0.3 is 0 Å². The molecule has 2 N–H and O–H groups in total. The average Bonchev–Trinajstić information content (AvgIpc) is 2.98. The summed E-state index contributed by atoms with van der Waals surface area (Å²) < 4.78 is 1.70. The van der Waals surface area contributed by atoms with Crippen LogP contribution in [-0.4, -0.2) is 35.3 Å². The summed E-state index contributed by atoms with van der Waals surface area (Å²) in [7, 11) is 0. The molecule has 114 valence electrons. The largest absolute Gasteiger partial charge is 0.351 e. The van der Waals surface area contributed by atoms with Gasteiger partial charge in [-0.1, -0.05) is 25.1 Å². The third-order valence-electron chi connectivity index (χ3n) is 2.88. The third-order valence-corrected chi connectivity index (χ3v) is 2.88. The van der Waals surface area contributed by atoms with Crippen molar-refractivity contribution in [1.82, 2.24) is 20.4 Å². The molecule has 0 saturated carbocycles. The summed E-state index contributed by atoms with van der Waals surface area (Å²) in [6, 6.07) is 9.73. The Morgan fingerprint density at radius 1 is 1.19 bits per heavy atom. The molecule has 1 amide bonds. The van der Waals surface area contributed by atoms with E-state index in [-0.39, 0.29) is 18.3 Å². The van der Waals surface area contributed by atoms with Gasteiger partial charge in [-0.3, -0.25) is 4.79 Å². The van der Waals surface area contributed by atoms with Crippen LogP contribution in [-0.2, 0) is 0 Å². The average molecular weight is 309 g/mol. The van der Waals surface area contributed by atoms with E-state index in [2.05, 4.69) is 22.7 Å². The number of hydrogen-bond donors (Lipinski definition) is 2. The predicted octanol–water partition coefficient (Wildman–Crippen LogP) is 2.02. The van der Waals surface area contributed by atoms with E-state index in [0.717, 1.165) is 25.2 Å². The molecule has 0 fully saturated rings. The molecule has 2 aromatic rings. The minimum absolute atomic E-state index is 0. The minimum Gasteiger partial charge on any atom is -0.351 e. The Balaban J connectivity index is 0.00000220. The van der Waals surface area contributed by atoms with E-state index >= 15 is 0 Å². The lowest BCUT2D eigenvalue weighted by atomic mass is 10.3. The molecule has 5 nitrogen and oxygen atoms in total. The fourth-order valence-corrected chi connectivity index (χ4v) is 1.83. The van der Waals surface area contributed by atoms with Crippen LogP contribution in [0, 0.1) is 0 Å². The first-order chi connectivity index (χ1) is 9.81. The van der Waals surface area contributed by atoms with Gasteiger partial charge in [-0.15, -0.1) is 12.4 Å². The Labute approximate surface area is 131 Å². The minimum atomic E-state index is -0.0921. The van der Waals surface area contributed by atoms with Crippen LogP contribution in [0.5, 0.6) is 0 Å². The van der Waals surface area contributed by atoms with Crippen molar-refractivity contribution in [3.63, 3.8) is 0 Å². The highest BCUT2D eigenvalue weighted by Gasteiger charge is 2.08. The second kappa shape index (κ2) is 9.15. The van der Waals surface area contributed by atoms with Gasteiger partial charge in [-0.2, -0.15) is 5.10 Å². The molecule has 0 radical (unpaired) electrons. The highest BCUT2D eigenvalue weighted by Crippen LogP contribution is 2.07. The van der Waals surface area contributed by atoms with Crippen LogP contribution < -0.4 is 10.6 Å². The Bertz CT molecular complexity index is 542. The van der Waals surface area contributed by atoms with Crippen LogP contribution >= 0.6 is 12.4 Å². The second-order valence-electron chi connectivity index (χ2n) is 4.52. The summed E-state index contributed by atoms with van der Waals surface area (Å²) >= 11 is 0. The van der Waals surface area contributed by atoms with Crippen LogP contribution in [0.15, 0.2) is 42.7 Å². The van der Waals surface area contributed by atoms with Crippen molar-refractivity contribution in [2.75, 3.05) is 19.6 Å². The molecule has 0 spiro atoms. The lowest BCUT2D eigenvalue weighted by Crippen LogP contribution is -2.31. The van der Waals surface area contributed by atoms with Crippen molar-refractivity contribution in [2.24, 2.45) is 0 Å². The maximum absolute atomic E-state index is 11.9. The van der Waals surface area contributed by atoms with Gasteiger partial charge in [0.2, 0.25) is 0 Å². The molecule has 21 heavy (non-hydrogen) atoms. The summed E-state index contributed by atoms with van der Waals surface area (Å²) in [6.45, 7) is 4.49. The van der Waals surface area contributed by atoms with Gasteiger partial charge < -0.3 is 10.6 Å². The molecule has 1 heterocycles. The maximum atomic E-state index is 11.9. The van der Waals surface area contributed by atoms with Crippen molar-refractivity contribution >= 4 is 18.3 Å². The van der Waals surface area contributed by atoms with Crippen LogP contribution in [0.1, 0.15) is 23.7 Å². The standard InChI is InChI=1S/C15H20N4O.ClH/c1-2-8-16-9-10-17-15(20)13-11-18-19(12-13)14-6-4-3-5-7-14;/h3-7,11-12,16H,2,8-10H2,1H3,(H,17,20);1H. The van der Waals surface area contributed by atoms with Gasteiger partial charge in [0.15, 0.2) is 0 Å². The third kappa shape index (κ3) is 5.21. The van der Waals surface area contributed by atoms with Crippen molar-refractivity contribution < 1.29 is 4.79 Å². The summed E-state index contributed by atoms with van der Waals surface area (Å²) in [5, 5.41) is 10.3. The lowest BCUT2D eigenvalue weighted by molar-refractivity contribution is 0.0954. The van der Waals surface area contributed by atoms with Crippen molar-refractivity contribution in [2.45, 2.75) is 13.3 Å². The highest BCUT2D eigenvalue weighted by atomic mass is 35.5. The van der Waals surface area contributed by atoms with Crippen molar-refractivity contribution in [1.29, 1.82) is 0 Å². The first-order valence-corrected chi connectivity index (χ1v) is 6.90. The number of hydrogen-bond acceptors (Lipinski definition) is 3. The number of carbonyl (C=O) groups excluding carboxylic acids is 1. The Kier molecular flexibility index (Phi) is 7.50. The van der Waals surface area contributed by atoms with Gasteiger partial charge in [0.1, 0.15) is 0 Å². The van der Waals surface area contributed by atoms with E-state index in [0.29, 0.717) is 12.1 Å². The second-order valence-corrected chi connectivity index (χ2v) is 4.52. The number of carbonyl (C=O) groups is 1. The van der Waals surface area contributed by atoms with Crippen LogP contribution in [0.3, 0.4) is 0 Å². The zero-order chi connectivity index (χ0) is 14.2. The number of nitrogens with zero attached hydrogens (tertiary/aromatic N) is 2. The van der Waals surface area contributed by atoms with E-state index in [9.17, 15) is 4.79 Å². The zero-order valence-electron chi connectivity index (χ0n) is 12.1. The molecular weight excluding hydrogens is 288 g/mol. The molecule has 1 aromatic heterocycles. The molecule has 0 aliphatic carbocycles. The SMILES string of the molecule is CCCNCCNC(=O)c1cnn(-c2ccccc2)c1.Cl. The van der Waals surface area contributed by atoms with Crippen molar-refractivity contribution in [3.05, 3.63) is 48.3 Å². The number of aromatic nitrogens is 2. The normalized spacial score (nSPS) is 9.95. The quantitative estimate of drug-likeness (QED) is 0.769. The maximum Gasteiger partial charge on any atom is 0.254 e. The van der Waals surface area contributed by atoms with Crippen molar-refractivity contribution in [3.8, 4) is 5.69 Å². The van der Waals surface area contributed by atoms with Gasteiger partial charge in [-0.25, -0.2) is 4.68 Å². The topological polar surface area (TPSA) is 58.9 Å². The fourth-order valence-electron chi connectivity index (χ4n) is 1.83. The Hall–Kier alpha value is -1.85. The van der Waals surface area contributed by atoms with E-state index in [1.165, 1.54) is 0 Å². The molecular formula is C15H21ClN4O. The fraction of sp³-hybridized carbons (Fsp3) is 0.333. The molecule has 0 unspecified atom stereocenters. The van der Waals surface area contributed by atoms with E-state index in [1.54, 1.807) is 17.1 Å². The van der Waals surface area contributed by atoms with E-state index < -0.39 is 0 Å². The summed E-state index contributed by atoms with van der Waals surface area (Å²) in [5.41, 5.74) is 1.51. The van der Waals surface area contributed by atoms with Crippen LogP contribution in [0.2, 0.25) is 0 Å².